The van der Waals surface area contributed by atoms with Gasteiger partial charge in [-0.25, -0.2) is 9.59 Å². The van der Waals surface area contributed by atoms with Crippen molar-refractivity contribution in [3.63, 3.8) is 0 Å². The molecule has 2 aliphatic carbocycles. The topological polar surface area (TPSA) is 101 Å². The minimum atomic E-state index is -1.00. The average molecular weight is 511 g/mol. The van der Waals surface area contributed by atoms with Crippen LogP contribution < -0.4 is 0 Å². The number of hydrogen-bond acceptors (Lipinski definition) is 8. The van der Waals surface area contributed by atoms with Crippen molar-refractivity contribution in [2.24, 2.45) is 17.3 Å². The quantitative estimate of drug-likeness (QED) is 0.411. The molecule has 1 aliphatic heterocycles. The predicted octanol–water partition coefficient (Wildman–Crippen LogP) is 4.97. The van der Waals surface area contributed by atoms with Gasteiger partial charge in [0.25, 0.3) is 0 Å². The number of carbonyl (C=O) groups excluding carboxylic acids is 3. The third kappa shape index (κ3) is 4.06. The first-order valence-corrected chi connectivity index (χ1v) is 12.8. The summed E-state index contributed by atoms with van der Waals surface area (Å²) in [5.74, 6) is -1.46. The Balaban J connectivity index is 1.60. The second-order valence-corrected chi connectivity index (χ2v) is 11.4. The van der Waals surface area contributed by atoms with Crippen molar-refractivity contribution >= 4 is 17.9 Å². The first-order valence-electron chi connectivity index (χ1n) is 12.8. The Morgan fingerprint density at radius 2 is 1.62 bits per heavy atom. The highest BCUT2D eigenvalue weighted by Gasteiger charge is 2.75. The van der Waals surface area contributed by atoms with Gasteiger partial charge in [0.05, 0.1) is 34.0 Å². The number of ether oxygens (including phenoxy) is 4. The molecule has 0 radical (unpaired) electrons. The Bertz CT molecular complexity index is 1170. The van der Waals surface area contributed by atoms with Crippen molar-refractivity contribution < 1.29 is 37.7 Å². The summed E-state index contributed by atoms with van der Waals surface area (Å²) in [6.45, 7) is 9.48. The minimum absolute atomic E-state index is 0.0618. The van der Waals surface area contributed by atoms with Crippen LogP contribution in [0.2, 0.25) is 0 Å². The molecule has 2 bridgehead atoms. The van der Waals surface area contributed by atoms with Crippen molar-refractivity contribution in [2.45, 2.75) is 83.4 Å². The number of furan rings is 1. The zero-order valence-corrected chi connectivity index (χ0v) is 21.9. The van der Waals surface area contributed by atoms with E-state index in [1.54, 1.807) is 24.3 Å². The maximum Gasteiger partial charge on any atom is 0.341 e. The highest BCUT2D eigenvalue weighted by atomic mass is 16.6. The summed E-state index contributed by atoms with van der Waals surface area (Å²) >= 11 is 0. The molecule has 3 fully saturated rings. The maximum absolute atomic E-state index is 13.3. The van der Waals surface area contributed by atoms with Gasteiger partial charge in [-0.05, 0) is 70.1 Å². The van der Waals surface area contributed by atoms with Gasteiger partial charge < -0.3 is 23.4 Å². The lowest BCUT2D eigenvalue weighted by Crippen LogP contribution is -2.71. The normalized spacial score (nSPS) is 35.8. The van der Waals surface area contributed by atoms with E-state index in [0.29, 0.717) is 18.4 Å². The molecule has 198 valence electrons. The van der Waals surface area contributed by atoms with Gasteiger partial charge in [-0.15, -0.1) is 0 Å². The summed E-state index contributed by atoms with van der Waals surface area (Å²) in [5, 5.41) is 0. The van der Waals surface area contributed by atoms with Crippen molar-refractivity contribution in [3.8, 4) is 0 Å². The summed E-state index contributed by atoms with van der Waals surface area (Å²) < 4.78 is 30.2. The van der Waals surface area contributed by atoms with Crippen LogP contribution in [0.4, 0.5) is 0 Å². The van der Waals surface area contributed by atoms with E-state index in [-0.39, 0.29) is 17.4 Å². The van der Waals surface area contributed by atoms with Crippen LogP contribution in [0.15, 0.2) is 53.3 Å². The molecule has 8 heteroatoms. The van der Waals surface area contributed by atoms with Gasteiger partial charge in [-0.2, -0.15) is 0 Å². The van der Waals surface area contributed by atoms with Crippen LogP contribution in [0.25, 0.3) is 0 Å². The largest absolute Gasteiger partial charge is 0.472 e. The minimum Gasteiger partial charge on any atom is -0.472 e. The second kappa shape index (κ2) is 9.01. The molecule has 3 aliphatic rings. The molecule has 0 unspecified atom stereocenters. The van der Waals surface area contributed by atoms with Crippen LogP contribution in [0.1, 0.15) is 74.6 Å². The molecular weight excluding hydrogens is 476 g/mol. The van der Waals surface area contributed by atoms with Crippen LogP contribution in [0.5, 0.6) is 0 Å². The Morgan fingerprint density at radius 1 is 0.919 bits per heavy atom. The van der Waals surface area contributed by atoms with Crippen molar-refractivity contribution in [2.75, 3.05) is 0 Å². The zero-order valence-electron chi connectivity index (χ0n) is 21.9. The third-order valence-electron chi connectivity index (χ3n) is 8.93. The van der Waals surface area contributed by atoms with E-state index in [1.807, 2.05) is 13.0 Å². The second-order valence-electron chi connectivity index (χ2n) is 11.4. The van der Waals surface area contributed by atoms with Gasteiger partial charge in [0, 0.05) is 6.92 Å². The fourth-order valence-corrected chi connectivity index (χ4v) is 7.01. The Morgan fingerprint density at radius 3 is 2.27 bits per heavy atom. The number of hydrogen-bond donors (Lipinski definition) is 0. The van der Waals surface area contributed by atoms with Crippen LogP contribution in [-0.2, 0) is 23.7 Å². The van der Waals surface area contributed by atoms with Gasteiger partial charge in [-0.1, -0.05) is 25.1 Å². The highest BCUT2D eigenvalue weighted by molar-refractivity contribution is 5.90. The number of rotatable bonds is 5. The zero-order chi connectivity index (χ0) is 26.6. The third-order valence-corrected chi connectivity index (χ3v) is 8.93. The van der Waals surface area contributed by atoms with Gasteiger partial charge >= 0.3 is 17.9 Å². The lowest BCUT2D eigenvalue weighted by atomic mass is 9.49. The first-order chi connectivity index (χ1) is 17.5. The summed E-state index contributed by atoms with van der Waals surface area (Å²) in [6, 6.07) is 10.3. The summed E-state index contributed by atoms with van der Waals surface area (Å²) in [7, 11) is 0. The van der Waals surface area contributed by atoms with E-state index in [0.717, 1.165) is 6.42 Å². The molecule has 1 aromatic heterocycles. The van der Waals surface area contributed by atoms with E-state index < -0.39 is 52.8 Å². The lowest BCUT2D eigenvalue weighted by Gasteiger charge is -2.61. The molecule has 37 heavy (non-hydrogen) atoms. The van der Waals surface area contributed by atoms with Crippen molar-refractivity contribution in [1.82, 2.24) is 0 Å². The van der Waals surface area contributed by atoms with Crippen LogP contribution >= 0.6 is 0 Å². The standard InChI is InChI=1S/C29H34O8/c1-17-13-22(34-18(2)30)24(36-26(32)20-11-12-33-16-20)28(5)23(35-25(31)19-9-7-6-8-10-19)14-21-15-29(17,28)37-27(21,3)4/h6-12,16-17,21-24H,13-15H2,1-5H3/t17-,21-,22-,23+,24+,28-,29+/m1/s1. The van der Waals surface area contributed by atoms with E-state index in [4.69, 9.17) is 23.4 Å². The molecule has 7 atom stereocenters. The van der Waals surface area contributed by atoms with Crippen LogP contribution in [0.3, 0.4) is 0 Å². The number of esters is 3. The average Bonchev–Trinajstić information content (AvgIpc) is 3.46. The predicted molar refractivity (Wildman–Crippen MR) is 132 cm³/mol. The van der Waals surface area contributed by atoms with Crippen LogP contribution in [0, 0.1) is 17.3 Å². The molecule has 1 spiro atoms. The van der Waals surface area contributed by atoms with E-state index in [2.05, 4.69) is 20.8 Å². The molecule has 2 saturated carbocycles. The molecule has 0 amide bonds. The molecule has 2 aromatic rings. The molecule has 5 rings (SSSR count). The Hall–Kier alpha value is -3.13. The number of fused-ring (bicyclic) bond motifs is 1. The van der Waals surface area contributed by atoms with Crippen LogP contribution in [-0.4, -0.2) is 47.4 Å². The smallest absolute Gasteiger partial charge is 0.341 e. The molecule has 8 nitrogen and oxygen atoms in total. The van der Waals surface area contributed by atoms with Crippen molar-refractivity contribution in [1.29, 1.82) is 0 Å². The van der Waals surface area contributed by atoms with E-state index >= 15 is 0 Å². The van der Waals surface area contributed by atoms with E-state index in [9.17, 15) is 14.4 Å². The number of benzene rings is 1. The summed E-state index contributed by atoms with van der Waals surface area (Å²) in [4.78, 5) is 38.7. The summed E-state index contributed by atoms with van der Waals surface area (Å²) in [5.41, 5.74) is -1.56. The van der Waals surface area contributed by atoms with Gasteiger partial charge in [0.2, 0.25) is 0 Å². The van der Waals surface area contributed by atoms with E-state index in [1.165, 1.54) is 25.5 Å². The van der Waals surface area contributed by atoms with Gasteiger partial charge in [0.15, 0.2) is 6.10 Å². The lowest BCUT2D eigenvalue weighted by molar-refractivity contribution is -0.277. The highest BCUT2D eigenvalue weighted by Crippen LogP contribution is 2.67. The fourth-order valence-electron chi connectivity index (χ4n) is 7.01. The Kier molecular flexibility index (Phi) is 6.21. The molecule has 2 heterocycles. The monoisotopic (exact) mass is 510 g/mol. The summed E-state index contributed by atoms with van der Waals surface area (Å²) in [6.07, 6.45) is 2.10. The number of carbonyl (C=O) groups is 3. The maximum atomic E-state index is 13.3. The van der Waals surface area contributed by atoms with Crippen molar-refractivity contribution in [3.05, 3.63) is 60.1 Å². The molecule has 1 aromatic carbocycles. The fraction of sp³-hybridized carbons (Fsp3) is 0.552. The molecule has 0 N–H and O–H groups in total. The van der Waals surface area contributed by atoms with Gasteiger partial charge in [0.1, 0.15) is 18.5 Å². The Labute approximate surface area is 216 Å². The molecule has 1 saturated heterocycles. The first kappa shape index (κ1) is 25.5. The molecular formula is C29H34O8. The van der Waals surface area contributed by atoms with Gasteiger partial charge in [-0.3, -0.25) is 4.79 Å². The SMILES string of the molecule is CC(=O)O[C@@H]1C[C@@H](C)[C@@]23C[C@@H](C[C@H](OC(=O)c4ccccc4)[C@]2(C)[C@H]1OC(=O)c1ccoc1)C(C)(C)O3.